The molecular formula is C6H5N3O3. The number of rotatable bonds is 1. The third kappa shape index (κ3) is 1.20. The van der Waals surface area contributed by atoms with Crippen molar-refractivity contribution in [2.24, 2.45) is 0 Å². The van der Waals surface area contributed by atoms with Gasteiger partial charge in [-0.15, -0.1) is 0 Å². The lowest BCUT2D eigenvalue weighted by molar-refractivity contribution is 0.0557. The molecule has 0 spiro atoms. The normalized spacial score (nSPS) is 9.00. The number of nitrogens with two attached hydrogens (primary N) is 1. The van der Waals surface area contributed by atoms with Crippen LogP contribution < -0.4 is 5.73 Å². The minimum atomic E-state index is -0.761. The van der Waals surface area contributed by atoms with Crippen LogP contribution >= 0.6 is 0 Å². The summed E-state index contributed by atoms with van der Waals surface area (Å²) < 4.78 is 8.92. The molecule has 62 valence electrons. The number of esters is 1. The summed E-state index contributed by atoms with van der Waals surface area (Å²) in [5.74, 6) is -1.26. The molecule has 1 rings (SSSR count). The average Bonchev–Trinajstić information content (AvgIpc) is 2.45. The molecule has 0 bridgehead atoms. The maximum absolute atomic E-state index is 10.8. The lowest BCUT2D eigenvalue weighted by atomic mass is 10.5. The highest BCUT2D eigenvalue weighted by molar-refractivity contribution is 5.84. The average molecular weight is 167 g/mol. The second-order valence-corrected chi connectivity index (χ2v) is 1.84. The van der Waals surface area contributed by atoms with Gasteiger partial charge in [-0.05, 0) is 0 Å². The second kappa shape index (κ2) is 2.92. The summed E-state index contributed by atoms with van der Waals surface area (Å²) in [5.41, 5.74) is 5.07. The van der Waals surface area contributed by atoms with Crippen LogP contribution in [0.1, 0.15) is 16.4 Å². The van der Waals surface area contributed by atoms with Gasteiger partial charge in [0.15, 0.2) is 0 Å². The zero-order chi connectivity index (χ0) is 9.14. The van der Waals surface area contributed by atoms with E-state index in [4.69, 9.17) is 11.0 Å². The van der Waals surface area contributed by atoms with E-state index < -0.39 is 5.97 Å². The lowest BCUT2D eigenvalue weighted by Crippen LogP contribution is -2.00. The van der Waals surface area contributed by atoms with Crippen LogP contribution in [0.3, 0.4) is 0 Å². The number of carbonyl (C=O) groups excluding carboxylic acids is 1. The van der Waals surface area contributed by atoms with Gasteiger partial charge in [0.2, 0.25) is 11.6 Å². The van der Waals surface area contributed by atoms with Crippen LogP contribution in [0.15, 0.2) is 4.42 Å². The Morgan fingerprint density at radius 3 is 2.92 bits per heavy atom. The van der Waals surface area contributed by atoms with Gasteiger partial charge in [0, 0.05) is 0 Å². The molecule has 0 saturated heterocycles. The third-order valence-corrected chi connectivity index (χ3v) is 1.12. The molecule has 0 aliphatic carbocycles. The Hall–Kier alpha value is -2.03. The van der Waals surface area contributed by atoms with E-state index in [1.807, 2.05) is 0 Å². The van der Waals surface area contributed by atoms with Gasteiger partial charge in [0.1, 0.15) is 6.07 Å². The number of oxazole rings is 1. The van der Waals surface area contributed by atoms with Gasteiger partial charge in [-0.1, -0.05) is 0 Å². The highest BCUT2D eigenvalue weighted by Crippen LogP contribution is 2.12. The summed E-state index contributed by atoms with van der Waals surface area (Å²) in [6.07, 6.45) is 0. The quantitative estimate of drug-likeness (QED) is 0.586. The van der Waals surface area contributed by atoms with Crippen molar-refractivity contribution >= 4 is 11.9 Å². The molecule has 1 aromatic heterocycles. The topological polar surface area (TPSA) is 102 Å². The highest BCUT2D eigenvalue weighted by atomic mass is 16.5. The van der Waals surface area contributed by atoms with Gasteiger partial charge in [-0.25, -0.2) is 4.79 Å². The fraction of sp³-hybridized carbons (Fsp3) is 0.167. The van der Waals surface area contributed by atoms with E-state index in [1.165, 1.54) is 7.11 Å². The van der Waals surface area contributed by atoms with E-state index in [2.05, 4.69) is 14.1 Å². The largest absolute Gasteiger partial charge is 0.462 e. The van der Waals surface area contributed by atoms with Crippen molar-refractivity contribution in [3.8, 4) is 6.07 Å². The molecule has 0 atom stereocenters. The number of aromatic nitrogens is 1. The number of nitriles is 1. The summed E-state index contributed by atoms with van der Waals surface area (Å²) >= 11 is 0. The van der Waals surface area contributed by atoms with Crippen molar-refractivity contribution in [3.63, 3.8) is 0 Å². The Bertz CT molecular complexity index is 349. The molecule has 6 heteroatoms. The maximum Gasteiger partial charge on any atom is 0.394 e. The summed E-state index contributed by atoms with van der Waals surface area (Å²) in [6, 6.07) is 1.66. The molecular weight excluding hydrogens is 162 g/mol. The SMILES string of the molecule is COC(=O)c1nc(C#N)c(N)o1. The monoisotopic (exact) mass is 167 g/mol. The maximum atomic E-state index is 10.8. The number of carbonyl (C=O) groups is 1. The van der Waals surface area contributed by atoms with Crippen molar-refractivity contribution < 1.29 is 13.9 Å². The third-order valence-electron chi connectivity index (χ3n) is 1.12. The molecule has 1 aromatic rings. The smallest absolute Gasteiger partial charge is 0.394 e. The summed E-state index contributed by atoms with van der Waals surface area (Å²) in [5, 5.41) is 8.38. The van der Waals surface area contributed by atoms with Crippen molar-refractivity contribution in [1.82, 2.24) is 4.98 Å². The Labute approximate surface area is 67.5 Å². The molecule has 0 fully saturated rings. The molecule has 0 unspecified atom stereocenters. The number of hydrogen-bond donors (Lipinski definition) is 1. The van der Waals surface area contributed by atoms with Crippen LogP contribution in [0.4, 0.5) is 5.88 Å². The van der Waals surface area contributed by atoms with Gasteiger partial charge in [-0.3, -0.25) is 0 Å². The molecule has 6 nitrogen and oxygen atoms in total. The van der Waals surface area contributed by atoms with E-state index in [1.54, 1.807) is 6.07 Å². The number of methoxy groups -OCH3 is 1. The first-order valence-electron chi connectivity index (χ1n) is 2.93. The first-order chi connectivity index (χ1) is 5.69. The molecule has 0 amide bonds. The molecule has 12 heavy (non-hydrogen) atoms. The zero-order valence-corrected chi connectivity index (χ0v) is 6.20. The Morgan fingerprint density at radius 1 is 1.83 bits per heavy atom. The van der Waals surface area contributed by atoms with Gasteiger partial charge in [0.25, 0.3) is 0 Å². The van der Waals surface area contributed by atoms with Crippen LogP contribution in [0.5, 0.6) is 0 Å². The molecule has 0 aromatic carbocycles. The zero-order valence-electron chi connectivity index (χ0n) is 6.20. The summed E-state index contributed by atoms with van der Waals surface area (Å²) in [6.45, 7) is 0. The van der Waals surface area contributed by atoms with Crippen LogP contribution in [-0.2, 0) is 4.74 Å². The first kappa shape index (κ1) is 8.07. The molecule has 0 aliphatic heterocycles. The Kier molecular flexibility index (Phi) is 1.96. The van der Waals surface area contributed by atoms with E-state index in [0.29, 0.717) is 0 Å². The summed E-state index contributed by atoms with van der Waals surface area (Å²) in [4.78, 5) is 14.2. The van der Waals surface area contributed by atoms with E-state index >= 15 is 0 Å². The second-order valence-electron chi connectivity index (χ2n) is 1.84. The highest BCUT2D eigenvalue weighted by Gasteiger charge is 2.16. The molecule has 0 radical (unpaired) electrons. The standard InChI is InChI=1S/C6H5N3O3/c1-11-6(10)5-9-3(2-7)4(8)12-5/h8H2,1H3. The van der Waals surface area contributed by atoms with E-state index in [9.17, 15) is 4.79 Å². The van der Waals surface area contributed by atoms with Gasteiger partial charge >= 0.3 is 11.9 Å². The van der Waals surface area contributed by atoms with E-state index in [0.717, 1.165) is 0 Å². The predicted octanol–water partition coefficient (Wildman–Crippen LogP) is -0.0849. The number of ether oxygens (including phenoxy) is 1. The molecule has 0 aliphatic rings. The van der Waals surface area contributed by atoms with Crippen LogP contribution in [0, 0.1) is 11.3 Å². The predicted molar refractivity (Wildman–Crippen MR) is 37.0 cm³/mol. The molecule has 2 N–H and O–H groups in total. The van der Waals surface area contributed by atoms with Crippen molar-refractivity contribution in [2.45, 2.75) is 0 Å². The minimum Gasteiger partial charge on any atom is -0.462 e. The van der Waals surface area contributed by atoms with Crippen molar-refractivity contribution in [3.05, 3.63) is 11.6 Å². The first-order valence-corrected chi connectivity index (χ1v) is 2.93. The fourth-order valence-corrected chi connectivity index (χ4v) is 0.587. The minimum absolute atomic E-state index is 0.115. The lowest BCUT2D eigenvalue weighted by Gasteiger charge is -1.88. The number of hydrogen-bond acceptors (Lipinski definition) is 6. The van der Waals surface area contributed by atoms with Crippen molar-refractivity contribution in [1.29, 1.82) is 5.26 Å². The number of nitrogen functional groups attached to an aromatic ring is 1. The van der Waals surface area contributed by atoms with Crippen molar-refractivity contribution in [2.75, 3.05) is 12.8 Å². The number of anilines is 1. The summed E-state index contributed by atoms with van der Waals surface area (Å²) in [7, 11) is 1.18. The Morgan fingerprint density at radius 2 is 2.50 bits per heavy atom. The molecule has 0 saturated carbocycles. The van der Waals surface area contributed by atoms with Gasteiger partial charge in [0.05, 0.1) is 7.11 Å². The van der Waals surface area contributed by atoms with E-state index in [-0.39, 0.29) is 17.5 Å². The van der Waals surface area contributed by atoms with Gasteiger partial charge in [-0.2, -0.15) is 10.2 Å². The van der Waals surface area contributed by atoms with Crippen LogP contribution in [0.25, 0.3) is 0 Å². The van der Waals surface area contributed by atoms with Crippen LogP contribution in [0.2, 0.25) is 0 Å². The fourth-order valence-electron chi connectivity index (χ4n) is 0.587. The van der Waals surface area contributed by atoms with Crippen LogP contribution in [-0.4, -0.2) is 18.1 Å². The number of nitrogens with zero attached hydrogens (tertiary/aromatic N) is 2. The van der Waals surface area contributed by atoms with Gasteiger partial charge < -0.3 is 14.9 Å². The molecule has 1 heterocycles. The Balaban J connectivity index is 3.07.